The summed E-state index contributed by atoms with van der Waals surface area (Å²) < 4.78 is 4.85. The van der Waals surface area contributed by atoms with Gasteiger partial charge in [0.2, 0.25) is 11.8 Å². The lowest BCUT2D eigenvalue weighted by Gasteiger charge is -2.19. The molecule has 3 aliphatic rings. The largest absolute Gasteiger partial charge is 0.462 e. The van der Waals surface area contributed by atoms with Crippen molar-refractivity contribution in [1.82, 2.24) is 0 Å². The van der Waals surface area contributed by atoms with Crippen molar-refractivity contribution in [3.63, 3.8) is 0 Å². The molecule has 2 amide bonds. The van der Waals surface area contributed by atoms with Crippen LogP contribution in [-0.2, 0) is 19.1 Å². The maximum absolute atomic E-state index is 13.0. The number of carbonyl (C=O) groups excluding carboxylic acids is 3. The molecule has 4 atom stereocenters. The lowest BCUT2D eigenvalue weighted by Crippen LogP contribution is -2.32. The normalized spacial score (nSPS) is 28.2. The van der Waals surface area contributed by atoms with E-state index in [0.717, 1.165) is 6.42 Å². The molecule has 1 heterocycles. The lowest BCUT2D eigenvalue weighted by molar-refractivity contribution is -0.138. The van der Waals surface area contributed by atoms with Crippen LogP contribution >= 0.6 is 0 Å². The van der Waals surface area contributed by atoms with Crippen LogP contribution < -0.4 is 4.90 Å². The lowest BCUT2D eigenvalue weighted by atomic mass is 9.82. The second kappa shape index (κ2) is 6.75. The number of ether oxygens (including phenoxy) is 1. The number of allylic oxidation sites excluding steroid dienone is 2. The Hall–Kier alpha value is -3.20. The number of hydrogen-bond acceptors (Lipinski definition) is 5. The Bertz CT molecular complexity index is 967. The molecule has 0 spiro atoms. The van der Waals surface area contributed by atoms with Gasteiger partial charge in [-0.25, -0.2) is 4.79 Å². The van der Waals surface area contributed by atoms with Crippen LogP contribution in [-0.4, -0.2) is 24.4 Å². The number of imide groups is 1. The first-order valence-electron chi connectivity index (χ1n) is 9.41. The van der Waals surface area contributed by atoms with Gasteiger partial charge in [-0.05, 0) is 55.9 Å². The summed E-state index contributed by atoms with van der Waals surface area (Å²) in [6, 6.07) is 8.53. The number of fused-ring (bicyclic) bond motifs is 5. The van der Waals surface area contributed by atoms with E-state index < -0.39 is 5.97 Å². The standard InChI is InChI=1S/C22H20N2O4/c1-3-28-22(27)15(11-23)9-13-4-6-16(7-5-13)24-20(25)18-14-8-12(2)17(10-14)19(18)21(24)26/h4-9,14,17-19H,3,10H2,1-2H3/b15-9+/t14-,17+,18-,19+/m1/s1. The first-order valence-corrected chi connectivity index (χ1v) is 9.41. The van der Waals surface area contributed by atoms with Crippen LogP contribution in [0.5, 0.6) is 0 Å². The predicted molar refractivity (Wildman–Crippen MR) is 101 cm³/mol. The minimum absolute atomic E-state index is 0.101. The monoisotopic (exact) mass is 376 g/mol. The van der Waals surface area contributed by atoms with E-state index in [2.05, 4.69) is 6.08 Å². The smallest absolute Gasteiger partial charge is 0.348 e. The van der Waals surface area contributed by atoms with E-state index in [0.29, 0.717) is 11.3 Å². The number of esters is 1. The SMILES string of the molecule is CCOC(=O)/C(C#N)=C/c1ccc(N2C(=O)[C@@H]3[C@H](C2=O)[C@@H]2C=C(C)[C@@H]3C2)cc1. The molecule has 1 saturated heterocycles. The first-order chi connectivity index (χ1) is 13.5. The average molecular weight is 376 g/mol. The van der Waals surface area contributed by atoms with Crippen molar-refractivity contribution >= 4 is 29.5 Å². The highest BCUT2D eigenvalue weighted by molar-refractivity contribution is 6.22. The van der Waals surface area contributed by atoms with E-state index in [-0.39, 0.29) is 47.7 Å². The van der Waals surface area contributed by atoms with Gasteiger partial charge in [-0.1, -0.05) is 23.8 Å². The second-order valence-corrected chi connectivity index (χ2v) is 7.46. The van der Waals surface area contributed by atoms with Gasteiger partial charge in [0.25, 0.3) is 0 Å². The van der Waals surface area contributed by atoms with E-state index in [1.165, 1.54) is 16.5 Å². The van der Waals surface area contributed by atoms with Crippen molar-refractivity contribution in [2.45, 2.75) is 20.3 Å². The van der Waals surface area contributed by atoms with Gasteiger partial charge >= 0.3 is 5.97 Å². The van der Waals surface area contributed by atoms with E-state index in [1.807, 2.05) is 13.0 Å². The van der Waals surface area contributed by atoms with E-state index in [1.54, 1.807) is 31.2 Å². The Morgan fingerprint density at radius 3 is 2.57 bits per heavy atom. The van der Waals surface area contributed by atoms with Crippen LogP contribution in [0.25, 0.3) is 6.08 Å². The minimum atomic E-state index is -0.676. The summed E-state index contributed by atoms with van der Waals surface area (Å²) in [4.78, 5) is 38.9. The molecule has 142 valence electrons. The van der Waals surface area contributed by atoms with Crippen LogP contribution in [0, 0.1) is 35.0 Å². The molecule has 0 aromatic heterocycles. The highest BCUT2D eigenvalue weighted by Gasteiger charge is 2.60. The second-order valence-electron chi connectivity index (χ2n) is 7.46. The van der Waals surface area contributed by atoms with Crippen LogP contribution in [0.1, 0.15) is 25.8 Å². The number of amides is 2. The van der Waals surface area contributed by atoms with Gasteiger partial charge in [0.05, 0.1) is 24.1 Å². The summed E-state index contributed by atoms with van der Waals surface area (Å²) in [5.74, 6) is -1.06. The number of nitrogens with zero attached hydrogens (tertiary/aromatic N) is 2. The Balaban J connectivity index is 1.57. The van der Waals surface area contributed by atoms with E-state index >= 15 is 0 Å². The molecule has 1 aliphatic heterocycles. The highest BCUT2D eigenvalue weighted by atomic mass is 16.5. The summed E-state index contributed by atoms with van der Waals surface area (Å²) >= 11 is 0. The summed E-state index contributed by atoms with van der Waals surface area (Å²) in [7, 11) is 0. The van der Waals surface area contributed by atoms with Gasteiger partial charge in [-0.2, -0.15) is 5.26 Å². The van der Waals surface area contributed by atoms with Crippen LogP contribution in [0.15, 0.2) is 41.5 Å². The maximum Gasteiger partial charge on any atom is 0.348 e. The molecule has 28 heavy (non-hydrogen) atoms. The zero-order valence-corrected chi connectivity index (χ0v) is 15.7. The average Bonchev–Trinajstić information content (AvgIpc) is 3.31. The number of carbonyl (C=O) groups is 3. The van der Waals surface area contributed by atoms with E-state index in [4.69, 9.17) is 10.00 Å². The number of rotatable bonds is 4. The summed E-state index contributed by atoms with van der Waals surface area (Å²) in [5.41, 5.74) is 2.26. The van der Waals surface area contributed by atoms with Crippen molar-refractivity contribution in [2.75, 3.05) is 11.5 Å². The Morgan fingerprint density at radius 1 is 1.25 bits per heavy atom. The Kier molecular flexibility index (Phi) is 4.38. The Morgan fingerprint density at radius 2 is 1.93 bits per heavy atom. The number of hydrogen-bond donors (Lipinski definition) is 0. The van der Waals surface area contributed by atoms with Gasteiger partial charge in [0.15, 0.2) is 0 Å². The molecule has 1 saturated carbocycles. The van der Waals surface area contributed by atoms with Gasteiger partial charge in [0.1, 0.15) is 11.6 Å². The third kappa shape index (κ3) is 2.66. The van der Waals surface area contributed by atoms with Gasteiger partial charge in [-0.3, -0.25) is 14.5 Å². The molecule has 0 N–H and O–H groups in total. The molecule has 2 aliphatic carbocycles. The molecule has 4 rings (SSSR count). The fourth-order valence-electron chi connectivity index (χ4n) is 4.76. The molecule has 0 unspecified atom stereocenters. The molecular formula is C22H20N2O4. The molecule has 2 bridgehead atoms. The van der Waals surface area contributed by atoms with Crippen molar-refractivity contribution in [3.8, 4) is 6.07 Å². The van der Waals surface area contributed by atoms with Crippen LogP contribution in [0.4, 0.5) is 5.69 Å². The van der Waals surface area contributed by atoms with E-state index in [9.17, 15) is 14.4 Å². The highest BCUT2D eigenvalue weighted by Crippen LogP contribution is 2.55. The minimum Gasteiger partial charge on any atom is -0.462 e. The molecule has 6 nitrogen and oxygen atoms in total. The van der Waals surface area contributed by atoms with Crippen LogP contribution in [0.3, 0.4) is 0 Å². The fourth-order valence-corrected chi connectivity index (χ4v) is 4.76. The van der Waals surface area contributed by atoms with Gasteiger partial charge < -0.3 is 4.74 Å². The fraction of sp³-hybridized carbons (Fsp3) is 0.364. The van der Waals surface area contributed by atoms with Crippen LogP contribution in [0.2, 0.25) is 0 Å². The van der Waals surface area contributed by atoms with Crippen molar-refractivity contribution < 1.29 is 19.1 Å². The number of nitriles is 1. The summed E-state index contributed by atoms with van der Waals surface area (Å²) in [6.07, 6.45) is 4.48. The predicted octanol–water partition coefficient (Wildman–Crippen LogP) is 2.86. The maximum atomic E-state index is 13.0. The van der Waals surface area contributed by atoms with Gasteiger partial charge in [-0.15, -0.1) is 0 Å². The molecule has 6 heteroatoms. The number of benzene rings is 1. The number of anilines is 1. The third-order valence-electron chi connectivity index (χ3n) is 5.96. The zero-order chi connectivity index (χ0) is 20.0. The summed E-state index contributed by atoms with van der Waals surface area (Å²) in [5, 5.41) is 9.13. The Labute approximate surface area is 163 Å². The third-order valence-corrected chi connectivity index (χ3v) is 5.96. The molecular weight excluding hydrogens is 356 g/mol. The van der Waals surface area contributed by atoms with Crippen molar-refractivity contribution in [1.29, 1.82) is 5.26 Å². The first kappa shape index (κ1) is 18.2. The molecule has 1 aromatic rings. The summed E-state index contributed by atoms with van der Waals surface area (Å²) in [6.45, 7) is 3.90. The van der Waals surface area contributed by atoms with Gasteiger partial charge in [0, 0.05) is 0 Å². The molecule has 1 aromatic carbocycles. The van der Waals surface area contributed by atoms with Crippen molar-refractivity contribution in [3.05, 3.63) is 47.1 Å². The molecule has 0 radical (unpaired) electrons. The molecule has 2 fully saturated rings. The zero-order valence-electron chi connectivity index (χ0n) is 15.7. The van der Waals surface area contributed by atoms with Crippen molar-refractivity contribution in [2.24, 2.45) is 23.7 Å². The topological polar surface area (TPSA) is 87.5 Å². The quantitative estimate of drug-likeness (QED) is 0.265.